The molecule has 4 aromatic rings. The molecule has 1 heterocycles. The molecule has 0 bridgehead atoms. The second kappa shape index (κ2) is 14.6. The van der Waals surface area contributed by atoms with Crippen LogP contribution in [0.25, 0.3) is 16.7 Å². The van der Waals surface area contributed by atoms with E-state index in [9.17, 15) is 0 Å². The van der Waals surface area contributed by atoms with E-state index in [0.717, 1.165) is 12.1 Å². The normalized spacial score (nSPS) is 28.1. The highest BCUT2D eigenvalue weighted by Gasteiger charge is 2.59. The minimum atomic E-state index is -0.126. The van der Waals surface area contributed by atoms with E-state index >= 15 is 0 Å². The Bertz CT molecular complexity index is 2580. The summed E-state index contributed by atoms with van der Waals surface area (Å²) in [7, 11) is 0. The van der Waals surface area contributed by atoms with Gasteiger partial charge in [0.15, 0.2) is 0 Å². The Morgan fingerprint density at radius 2 is 1.30 bits per heavy atom. The van der Waals surface area contributed by atoms with Crippen molar-refractivity contribution in [1.29, 1.82) is 0 Å². The summed E-state index contributed by atoms with van der Waals surface area (Å²) in [5, 5.41) is 3.83. The first-order valence-corrected chi connectivity index (χ1v) is 23.3. The maximum absolute atomic E-state index is 5.33. The van der Waals surface area contributed by atoms with Crippen molar-refractivity contribution in [1.82, 2.24) is 5.32 Å². The first-order chi connectivity index (χ1) is 29.7. The minimum absolute atomic E-state index is 0.126. The monoisotopic (exact) mass is 780 g/mol. The van der Waals surface area contributed by atoms with Gasteiger partial charge < -0.3 is 5.32 Å². The summed E-state index contributed by atoms with van der Waals surface area (Å²) in [6.45, 7) is 0. The molecule has 0 amide bonds. The van der Waals surface area contributed by atoms with Crippen molar-refractivity contribution < 1.29 is 0 Å². The van der Waals surface area contributed by atoms with Gasteiger partial charge in [-0.05, 0) is 112 Å². The average Bonchev–Trinajstić information content (AvgIpc) is 3.73. The molecule has 0 aromatic heterocycles. The summed E-state index contributed by atoms with van der Waals surface area (Å²) in [6, 6.07) is 40.4. The second-order valence-corrected chi connectivity index (χ2v) is 19.2. The SMILES string of the molecule is C1=CC(C2=CC(c3ccc(C4=CC5C(C=C4)C4=CC6=C(CC4C54CCCCC4)C4(CCCCC4)c4ccccc46)cc3)=NC(c3ccccc3)N2)CC=C1c1ccccc1. The second-order valence-electron chi connectivity index (χ2n) is 19.2. The summed E-state index contributed by atoms with van der Waals surface area (Å²) in [4.78, 5) is 5.33. The van der Waals surface area contributed by atoms with Gasteiger partial charge in [-0.25, -0.2) is 0 Å². The number of allylic oxidation sites excluding steroid dienone is 13. The van der Waals surface area contributed by atoms with Crippen molar-refractivity contribution in [2.24, 2.45) is 34.1 Å². The van der Waals surface area contributed by atoms with E-state index in [2.05, 4.69) is 163 Å². The van der Waals surface area contributed by atoms with Crippen molar-refractivity contribution in [2.75, 3.05) is 0 Å². The van der Waals surface area contributed by atoms with Crippen molar-refractivity contribution >= 4 is 22.4 Å². The first kappa shape index (κ1) is 36.4. The van der Waals surface area contributed by atoms with Crippen molar-refractivity contribution in [3.63, 3.8) is 0 Å². The summed E-state index contributed by atoms with van der Waals surface area (Å²) in [6.07, 6.45) is 35.8. The molecule has 3 saturated carbocycles. The largest absolute Gasteiger partial charge is 0.363 e. The van der Waals surface area contributed by atoms with Crippen molar-refractivity contribution in [3.8, 4) is 0 Å². The maximum atomic E-state index is 5.33. The molecular weight excluding hydrogens is 725 g/mol. The summed E-state index contributed by atoms with van der Waals surface area (Å²) < 4.78 is 0. The van der Waals surface area contributed by atoms with E-state index in [1.165, 1.54) is 110 Å². The number of hydrogen-bond donors (Lipinski definition) is 1. The van der Waals surface area contributed by atoms with E-state index in [0.29, 0.717) is 23.2 Å². The molecule has 1 aliphatic heterocycles. The molecule has 0 radical (unpaired) electrons. The Morgan fingerprint density at radius 3 is 2.07 bits per heavy atom. The predicted molar refractivity (Wildman–Crippen MR) is 249 cm³/mol. The number of rotatable bonds is 5. The number of benzene rings is 4. The van der Waals surface area contributed by atoms with Crippen LogP contribution < -0.4 is 5.32 Å². The highest BCUT2D eigenvalue weighted by molar-refractivity contribution is 6.10. The third-order valence-corrected chi connectivity index (χ3v) is 16.3. The molecule has 5 unspecified atom stereocenters. The van der Waals surface area contributed by atoms with Crippen LogP contribution in [0.5, 0.6) is 0 Å². The quantitative estimate of drug-likeness (QED) is 0.214. The smallest absolute Gasteiger partial charge is 0.145 e. The van der Waals surface area contributed by atoms with Gasteiger partial charge in [0.1, 0.15) is 6.17 Å². The van der Waals surface area contributed by atoms with E-state index in [1.54, 1.807) is 22.3 Å². The Kier molecular flexibility index (Phi) is 8.86. The first-order valence-electron chi connectivity index (χ1n) is 23.3. The number of nitrogens with one attached hydrogen (secondary N) is 1. The van der Waals surface area contributed by atoms with Crippen LogP contribution in [0.1, 0.15) is 117 Å². The molecule has 2 heteroatoms. The molecule has 12 rings (SSSR count). The van der Waals surface area contributed by atoms with E-state index in [1.807, 2.05) is 5.57 Å². The summed E-state index contributed by atoms with van der Waals surface area (Å²) >= 11 is 0. The lowest BCUT2D eigenvalue weighted by molar-refractivity contribution is 0.0927. The molecule has 2 nitrogen and oxygen atoms in total. The van der Waals surface area contributed by atoms with Gasteiger partial charge in [0, 0.05) is 22.9 Å². The van der Waals surface area contributed by atoms with Crippen LogP contribution in [0.15, 0.2) is 180 Å². The van der Waals surface area contributed by atoms with E-state index < -0.39 is 0 Å². The molecule has 7 aliphatic carbocycles. The Labute approximate surface area is 357 Å². The van der Waals surface area contributed by atoms with Gasteiger partial charge in [-0.2, -0.15) is 0 Å². The van der Waals surface area contributed by atoms with Crippen LogP contribution in [0.3, 0.4) is 0 Å². The molecule has 3 fully saturated rings. The highest BCUT2D eigenvalue weighted by atomic mass is 15.1. The zero-order valence-corrected chi connectivity index (χ0v) is 34.8. The Hall–Kier alpha value is -5.47. The molecule has 0 saturated heterocycles. The topological polar surface area (TPSA) is 24.4 Å². The fourth-order valence-electron chi connectivity index (χ4n) is 13.5. The zero-order valence-electron chi connectivity index (χ0n) is 34.8. The van der Waals surface area contributed by atoms with Crippen molar-refractivity contribution in [2.45, 2.75) is 88.6 Å². The van der Waals surface area contributed by atoms with Gasteiger partial charge in [-0.3, -0.25) is 4.99 Å². The summed E-state index contributed by atoms with van der Waals surface area (Å²) in [5.74, 6) is 2.02. The van der Waals surface area contributed by atoms with Crippen LogP contribution in [-0.4, -0.2) is 5.71 Å². The van der Waals surface area contributed by atoms with Gasteiger partial charge >= 0.3 is 0 Å². The van der Waals surface area contributed by atoms with E-state index in [4.69, 9.17) is 4.99 Å². The summed E-state index contributed by atoms with van der Waals surface area (Å²) in [5.41, 5.74) is 19.0. The van der Waals surface area contributed by atoms with Gasteiger partial charge in [-0.1, -0.05) is 201 Å². The number of aliphatic imine (C=N–C) groups is 1. The molecule has 8 aliphatic rings. The zero-order chi connectivity index (χ0) is 39.7. The Morgan fingerprint density at radius 1 is 0.617 bits per heavy atom. The minimum Gasteiger partial charge on any atom is -0.363 e. The molecule has 60 heavy (non-hydrogen) atoms. The van der Waals surface area contributed by atoms with Gasteiger partial charge in [0.05, 0.1) is 5.71 Å². The Balaban J connectivity index is 0.853. The lowest BCUT2D eigenvalue weighted by Gasteiger charge is -2.46. The molecule has 4 aromatic carbocycles. The third kappa shape index (κ3) is 5.84. The fourth-order valence-corrected chi connectivity index (χ4v) is 13.5. The maximum Gasteiger partial charge on any atom is 0.145 e. The highest BCUT2D eigenvalue weighted by Crippen LogP contribution is 2.69. The van der Waals surface area contributed by atoms with Gasteiger partial charge in [-0.15, -0.1) is 0 Å². The average molecular weight is 781 g/mol. The van der Waals surface area contributed by atoms with Crippen LogP contribution in [0.4, 0.5) is 0 Å². The number of fused-ring (bicyclic) bond motifs is 9. The fraction of sp³-hybridized carbons (Fsp3) is 0.328. The van der Waals surface area contributed by atoms with Crippen LogP contribution in [0.2, 0.25) is 0 Å². The number of hydrogen-bond acceptors (Lipinski definition) is 2. The van der Waals surface area contributed by atoms with Crippen molar-refractivity contribution in [3.05, 3.63) is 208 Å². The molecular formula is C58H56N2. The van der Waals surface area contributed by atoms with Gasteiger partial charge in [0.2, 0.25) is 0 Å². The van der Waals surface area contributed by atoms with Crippen LogP contribution >= 0.6 is 0 Å². The molecule has 1 N–H and O–H groups in total. The molecule has 298 valence electrons. The lowest BCUT2D eigenvalue weighted by Crippen LogP contribution is -2.38. The van der Waals surface area contributed by atoms with Crippen LogP contribution in [0, 0.1) is 29.1 Å². The lowest BCUT2D eigenvalue weighted by atomic mass is 9.57. The van der Waals surface area contributed by atoms with E-state index in [-0.39, 0.29) is 17.5 Å². The molecule has 5 atom stereocenters. The standard InChI is InChI=1S/C58H56N2/c1-5-15-39(16-6-1)40-21-25-42(26-22-40)54-38-55(60-56(59-54)44-17-7-2-8-18-44)43-27-23-41(24-28-43)45-29-30-47-49-36-48-46-19-9-10-20-50(46)57(31-11-3-12-32-57)52(48)37-53(49)58(51(47)35-45)33-13-4-14-34-58/h1-2,5-10,15-25,27-30,35-36,38,42,47,51,53,56,59H,3-4,11-14,26,31-34,37H2. The third-order valence-electron chi connectivity index (χ3n) is 16.3. The number of nitrogens with zero attached hydrogens (tertiary/aromatic N) is 1. The molecule has 2 spiro atoms. The van der Waals surface area contributed by atoms with Gasteiger partial charge in [0.25, 0.3) is 0 Å². The predicted octanol–water partition coefficient (Wildman–Crippen LogP) is 14.1. The van der Waals surface area contributed by atoms with Crippen LogP contribution in [-0.2, 0) is 5.41 Å².